The van der Waals surface area contributed by atoms with E-state index in [0.29, 0.717) is 16.3 Å². The molecule has 0 unspecified atom stereocenters. The lowest BCUT2D eigenvalue weighted by Crippen LogP contribution is -2.13. The van der Waals surface area contributed by atoms with Crippen LogP contribution < -0.4 is 5.32 Å². The topological polar surface area (TPSA) is 49.3 Å². The van der Waals surface area contributed by atoms with Gasteiger partial charge in [-0.25, -0.2) is 0 Å². The second-order valence-electron chi connectivity index (χ2n) is 4.05. The van der Waals surface area contributed by atoms with Crippen LogP contribution in [0, 0.1) is 10.5 Å². The maximum Gasteiger partial charge on any atom is 0.259 e. The molecule has 2 rings (SSSR count). The van der Waals surface area contributed by atoms with Crippen LogP contribution in [0.2, 0.25) is 5.02 Å². The van der Waals surface area contributed by atoms with Gasteiger partial charge in [-0.05, 0) is 59.3 Å². The third kappa shape index (κ3) is 3.19. The van der Waals surface area contributed by atoms with Gasteiger partial charge in [0, 0.05) is 8.59 Å². The van der Waals surface area contributed by atoms with Crippen molar-refractivity contribution in [1.82, 2.24) is 0 Å². The average Bonchev–Trinajstić information content (AvgIpc) is 2.36. The Kier molecular flexibility index (Phi) is 4.31. The van der Waals surface area contributed by atoms with Crippen molar-refractivity contribution in [3.63, 3.8) is 0 Å². The van der Waals surface area contributed by atoms with Gasteiger partial charge in [0.2, 0.25) is 0 Å². The van der Waals surface area contributed by atoms with Crippen molar-refractivity contribution in [2.45, 2.75) is 6.92 Å². The molecular formula is C14H11ClINO2. The first-order valence-electron chi connectivity index (χ1n) is 5.54. The molecule has 2 aromatic rings. The van der Waals surface area contributed by atoms with Gasteiger partial charge in [-0.2, -0.15) is 0 Å². The maximum absolute atomic E-state index is 12.1. The van der Waals surface area contributed by atoms with E-state index in [1.54, 1.807) is 43.3 Å². The van der Waals surface area contributed by atoms with Crippen molar-refractivity contribution in [2.75, 3.05) is 5.32 Å². The SMILES string of the molecule is Cc1cccc(C(=O)Nc2ccc(Cl)cc2I)c1O. The number of carbonyl (C=O) groups is 1. The molecule has 0 aliphatic heterocycles. The number of amides is 1. The lowest BCUT2D eigenvalue weighted by Gasteiger charge is -2.10. The zero-order valence-electron chi connectivity index (χ0n) is 10.1. The zero-order valence-corrected chi connectivity index (χ0v) is 13.0. The molecule has 0 saturated heterocycles. The largest absolute Gasteiger partial charge is 0.507 e. The number of anilines is 1. The van der Waals surface area contributed by atoms with Gasteiger partial charge in [0.05, 0.1) is 11.3 Å². The van der Waals surface area contributed by atoms with Gasteiger partial charge in [-0.15, -0.1) is 0 Å². The summed E-state index contributed by atoms with van der Waals surface area (Å²) >= 11 is 7.95. The minimum atomic E-state index is -0.346. The van der Waals surface area contributed by atoms with Crippen LogP contribution in [-0.2, 0) is 0 Å². The number of halogens is 2. The van der Waals surface area contributed by atoms with Crippen LogP contribution in [-0.4, -0.2) is 11.0 Å². The third-order valence-corrected chi connectivity index (χ3v) is 3.79. The summed E-state index contributed by atoms with van der Waals surface area (Å²) in [5.41, 5.74) is 1.58. The minimum Gasteiger partial charge on any atom is -0.507 e. The average molecular weight is 388 g/mol. The predicted molar refractivity (Wildman–Crippen MR) is 85.0 cm³/mol. The number of phenolic OH excluding ortho intramolecular Hbond substituents is 1. The van der Waals surface area contributed by atoms with Crippen LogP contribution >= 0.6 is 34.2 Å². The lowest BCUT2D eigenvalue weighted by atomic mass is 10.1. The van der Waals surface area contributed by atoms with Gasteiger partial charge < -0.3 is 10.4 Å². The molecule has 0 aliphatic rings. The van der Waals surface area contributed by atoms with Gasteiger partial charge in [-0.3, -0.25) is 4.79 Å². The van der Waals surface area contributed by atoms with Crippen molar-refractivity contribution >= 4 is 45.8 Å². The molecule has 0 saturated carbocycles. The molecular weight excluding hydrogens is 377 g/mol. The quantitative estimate of drug-likeness (QED) is 0.758. The Balaban J connectivity index is 2.28. The minimum absolute atomic E-state index is 0.00368. The van der Waals surface area contributed by atoms with Gasteiger partial charge in [-0.1, -0.05) is 23.7 Å². The molecule has 19 heavy (non-hydrogen) atoms. The number of aromatic hydroxyl groups is 1. The third-order valence-electron chi connectivity index (χ3n) is 2.66. The summed E-state index contributed by atoms with van der Waals surface area (Å²) in [5, 5.41) is 13.2. The molecule has 0 atom stereocenters. The highest BCUT2D eigenvalue weighted by Gasteiger charge is 2.13. The Morgan fingerprint density at radius 2 is 2.05 bits per heavy atom. The molecule has 0 aliphatic carbocycles. The van der Waals surface area contributed by atoms with E-state index in [0.717, 1.165) is 3.57 Å². The lowest BCUT2D eigenvalue weighted by molar-refractivity contribution is 0.102. The van der Waals surface area contributed by atoms with Crippen LogP contribution in [0.15, 0.2) is 36.4 Å². The van der Waals surface area contributed by atoms with Gasteiger partial charge in [0.1, 0.15) is 5.75 Å². The molecule has 2 aromatic carbocycles. The molecule has 98 valence electrons. The van der Waals surface area contributed by atoms with Gasteiger partial charge >= 0.3 is 0 Å². The molecule has 5 heteroatoms. The molecule has 2 N–H and O–H groups in total. The van der Waals surface area contributed by atoms with Crippen molar-refractivity contribution in [2.24, 2.45) is 0 Å². The van der Waals surface area contributed by atoms with Crippen molar-refractivity contribution in [1.29, 1.82) is 0 Å². The van der Waals surface area contributed by atoms with Crippen molar-refractivity contribution in [3.05, 3.63) is 56.1 Å². The van der Waals surface area contributed by atoms with Crippen molar-refractivity contribution < 1.29 is 9.90 Å². The Morgan fingerprint density at radius 3 is 2.74 bits per heavy atom. The summed E-state index contributed by atoms with van der Waals surface area (Å²) in [6, 6.07) is 10.3. The number of carbonyl (C=O) groups excluding carboxylic acids is 1. The zero-order chi connectivity index (χ0) is 14.0. The molecule has 0 spiro atoms. The number of benzene rings is 2. The molecule has 0 bridgehead atoms. The number of rotatable bonds is 2. The standard InChI is InChI=1S/C14H11ClINO2/c1-8-3-2-4-10(13(8)18)14(19)17-12-6-5-9(15)7-11(12)16/h2-7,18H,1H3,(H,17,19). The monoisotopic (exact) mass is 387 g/mol. The van der Waals surface area contributed by atoms with Crippen LogP contribution in [0.5, 0.6) is 5.75 Å². The van der Waals surface area contributed by atoms with E-state index in [1.807, 2.05) is 0 Å². The van der Waals surface area contributed by atoms with Gasteiger partial charge in [0.25, 0.3) is 5.91 Å². The molecule has 3 nitrogen and oxygen atoms in total. The van der Waals surface area contributed by atoms with E-state index in [4.69, 9.17) is 11.6 Å². The van der Waals surface area contributed by atoms with E-state index in [9.17, 15) is 9.90 Å². The highest BCUT2D eigenvalue weighted by molar-refractivity contribution is 14.1. The summed E-state index contributed by atoms with van der Waals surface area (Å²) in [6.45, 7) is 1.75. The predicted octanol–water partition coefficient (Wildman–Crippen LogP) is 4.21. The first-order valence-corrected chi connectivity index (χ1v) is 6.99. The summed E-state index contributed by atoms with van der Waals surface area (Å²) in [5.74, 6) is -0.342. The van der Waals surface area contributed by atoms with Crippen LogP contribution in [0.1, 0.15) is 15.9 Å². The number of hydrogen-bond donors (Lipinski definition) is 2. The Bertz CT molecular complexity index is 643. The summed E-state index contributed by atoms with van der Waals surface area (Å²) in [4.78, 5) is 12.1. The number of hydrogen-bond acceptors (Lipinski definition) is 2. The van der Waals surface area contributed by atoms with E-state index >= 15 is 0 Å². The summed E-state index contributed by atoms with van der Waals surface area (Å²) in [6.07, 6.45) is 0. The van der Waals surface area contributed by atoms with E-state index in [-0.39, 0.29) is 17.2 Å². The Hall–Kier alpha value is -1.27. The highest BCUT2D eigenvalue weighted by atomic mass is 127. The van der Waals surface area contributed by atoms with Gasteiger partial charge in [0.15, 0.2) is 0 Å². The van der Waals surface area contributed by atoms with E-state index in [2.05, 4.69) is 27.9 Å². The number of nitrogens with one attached hydrogen (secondary N) is 1. The van der Waals surface area contributed by atoms with E-state index < -0.39 is 0 Å². The first-order chi connectivity index (χ1) is 8.99. The second kappa shape index (κ2) is 5.79. The Morgan fingerprint density at radius 1 is 1.32 bits per heavy atom. The first kappa shape index (κ1) is 14.1. The van der Waals surface area contributed by atoms with Crippen LogP contribution in [0.4, 0.5) is 5.69 Å². The molecule has 0 radical (unpaired) electrons. The normalized spacial score (nSPS) is 10.3. The number of aryl methyl sites for hydroxylation is 1. The van der Waals surface area contributed by atoms with Crippen LogP contribution in [0.25, 0.3) is 0 Å². The fourth-order valence-electron chi connectivity index (χ4n) is 1.62. The smallest absolute Gasteiger partial charge is 0.259 e. The van der Waals surface area contributed by atoms with Crippen LogP contribution in [0.3, 0.4) is 0 Å². The highest BCUT2D eigenvalue weighted by Crippen LogP contribution is 2.25. The maximum atomic E-state index is 12.1. The second-order valence-corrected chi connectivity index (χ2v) is 5.65. The summed E-state index contributed by atoms with van der Waals surface area (Å²) < 4.78 is 0.839. The molecule has 1 amide bonds. The number of para-hydroxylation sites is 1. The summed E-state index contributed by atoms with van der Waals surface area (Å²) in [7, 11) is 0. The fraction of sp³-hybridized carbons (Fsp3) is 0.0714. The molecule has 0 aromatic heterocycles. The molecule has 0 heterocycles. The van der Waals surface area contributed by atoms with Crippen molar-refractivity contribution in [3.8, 4) is 5.75 Å². The van der Waals surface area contributed by atoms with E-state index in [1.165, 1.54) is 0 Å². The number of phenols is 1. The molecule has 0 fully saturated rings. The Labute approximate surface area is 129 Å². The fourth-order valence-corrected chi connectivity index (χ4v) is 2.63.